The van der Waals surface area contributed by atoms with Gasteiger partial charge < -0.3 is 30.4 Å². The number of aromatic hydroxyl groups is 1. The van der Waals surface area contributed by atoms with Crippen molar-refractivity contribution >= 4 is 32.1 Å². The molecule has 0 heterocycles. The molecule has 0 aliphatic carbocycles. The molecule has 0 radical (unpaired) electrons. The molecule has 0 spiro atoms. The Labute approximate surface area is 568 Å². The summed E-state index contributed by atoms with van der Waals surface area (Å²) in [4.78, 5) is 11.4. The average molecular weight is 1370 g/mol. The summed E-state index contributed by atoms with van der Waals surface area (Å²) in [6.07, 6.45) is -0.445. The van der Waals surface area contributed by atoms with Crippen LogP contribution in [-0.2, 0) is 47.3 Å². The number of hydrogen-bond acceptors (Lipinski definition) is 8. The van der Waals surface area contributed by atoms with Crippen LogP contribution in [0, 0.1) is 35.5 Å². The van der Waals surface area contributed by atoms with Crippen molar-refractivity contribution < 1.29 is 40.4 Å². The highest BCUT2D eigenvalue weighted by Gasteiger charge is 2.48. The topological polar surface area (TPSA) is 140 Å². The minimum atomic E-state index is -5.60. The van der Waals surface area contributed by atoms with E-state index < -0.39 is 27.3 Å². The predicted molar refractivity (Wildman–Crippen MR) is 390 cm³/mol. The lowest BCUT2D eigenvalue weighted by Crippen LogP contribution is -2.32. The quantitative estimate of drug-likeness (QED) is 0.0760. The van der Waals surface area contributed by atoms with Gasteiger partial charge in [0.15, 0.2) is 0 Å². The van der Waals surface area contributed by atoms with Gasteiger partial charge >= 0.3 is 21.7 Å². The van der Waals surface area contributed by atoms with Crippen LogP contribution in [0.3, 0.4) is 0 Å². The van der Waals surface area contributed by atoms with Crippen LogP contribution in [0.5, 0.6) is 11.5 Å². The standard InChI is InChI=1S/C18H25NO2.C16H23N.C13H17N.C11H13F3O3S.C10H13Br.C10H14O.CH4/c1-17(2,3)15-11-9-14(10-12-15)8-7-13-19-16(20)21-18(4,5)6;1-13(2)17-12-6-7-14-8-10-15(11-9-14)16(3,4)5;1-13(2,3)12-8-6-11(7-9-12)5-4-10-14;1-10(2,3)8-4-6-9(7-5-8)17-18(15,16)11(12,13)14;2*1-10(2,3)8-4-6-9(11)7-5-8;/h9-12H,13H2,1-6H3,(H,19,20);8-11,13,17H,12H2,1-5H3;6-9H,10,14H2,1-3H3;4-7H,1-3H3;4-7H,1-3H3;4-7,11H,1-3H3;1H4. The molecular weight excluding hydrogens is 1260 g/mol. The lowest BCUT2D eigenvalue weighted by atomic mass is 9.87. The molecule has 1 amide bonds. The molecule has 6 rings (SSSR count). The zero-order valence-electron chi connectivity index (χ0n) is 59.0. The maximum absolute atomic E-state index is 12.1. The van der Waals surface area contributed by atoms with Gasteiger partial charge in [0.05, 0.1) is 19.6 Å². The predicted octanol–water partition coefficient (Wildman–Crippen LogP) is 19.8. The summed E-state index contributed by atoms with van der Waals surface area (Å²) >= 11 is 3.41. The summed E-state index contributed by atoms with van der Waals surface area (Å²) in [7, 11) is -5.60. The van der Waals surface area contributed by atoms with Crippen molar-refractivity contribution in [2.45, 2.75) is 216 Å². The Balaban J connectivity index is 0.00000110. The van der Waals surface area contributed by atoms with Gasteiger partial charge in [0.1, 0.15) is 17.1 Å². The smallest absolute Gasteiger partial charge is 0.508 e. The Morgan fingerprint density at radius 2 is 0.763 bits per heavy atom. The molecular formula is C79H109BrF3N3O6S. The van der Waals surface area contributed by atoms with Crippen molar-refractivity contribution in [3.8, 4) is 47.0 Å². The van der Waals surface area contributed by atoms with Crippen LogP contribution >= 0.6 is 15.9 Å². The number of carbonyl (C=O) groups excluding carboxylic acids is 1. The minimum absolute atomic E-state index is 0. The number of phenolic OH excluding ortho intramolecular Hbond substituents is 1. The fourth-order valence-corrected chi connectivity index (χ4v) is 8.11. The van der Waals surface area contributed by atoms with Gasteiger partial charge in [-0.25, -0.2) is 4.79 Å². The SMILES string of the molecule is C.CC(C)(C)OC(=O)NCC#Cc1ccc(C(C)(C)C)cc1.CC(C)(C)c1ccc(Br)cc1.CC(C)(C)c1ccc(C#CCN)cc1.CC(C)(C)c1ccc(O)cc1.CC(C)(C)c1ccc(OS(=O)(=O)C(F)(F)F)cc1.CC(C)NCC#Cc1ccc(C(C)(C)C)cc1. The van der Waals surface area contributed by atoms with E-state index in [0.29, 0.717) is 18.3 Å². The van der Waals surface area contributed by atoms with Gasteiger partial charge in [-0.2, -0.15) is 21.6 Å². The molecule has 0 saturated carbocycles. The van der Waals surface area contributed by atoms with Crippen molar-refractivity contribution in [1.82, 2.24) is 10.6 Å². The van der Waals surface area contributed by atoms with Crippen LogP contribution < -0.4 is 20.6 Å². The second-order valence-electron chi connectivity index (χ2n) is 29.3. The molecule has 6 aromatic carbocycles. The van der Waals surface area contributed by atoms with Gasteiger partial charge in [0, 0.05) is 27.2 Å². The van der Waals surface area contributed by atoms with Crippen LogP contribution in [-0.4, -0.2) is 56.4 Å². The molecule has 510 valence electrons. The van der Waals surface area contributed by atoms with Crippen LogP contribution in [0.2, 0.25) is 0 Å². The van der Waals surface area contributed by atoms with Crippen LogP contribution in [0.4, 0.5) is 18.0 Å². The number of hydrogen-bond donors (Lipinski definition) is 4. The first-order valence-electron chi connectivity index (χ1n) is 30.8. The van der Waals surface area contributed by atoms with Gasteiger partial charge in [-0.05, 0) is 173 Å². The minimum Gasteiger partial charge on any atom is -0.508 e. The normalized spacial score (nSPS) is 11.5. The van der Waals surface area contributed by atoms with Crippen molar-refractivity contribution in [3.63, 3.8) is 0 Å². The van der Waals surface area contributed by atoms with E-state index in [1.807, 2.05) is 77.9 Å². The fraction of sp³-hybridized carbons (Fsp3) is 0.456. The van der Waals surface area contributed by atoms with E-state index in [2.05, 4.69) is 257 Å². The van der Waals surface area contributed by atoms with Crippen LogP contribution in [0.25, 0.3) is 0 Å². The number of phenols is 1. The number of amides is 1. The molecule has 0 unspecified atom stereocenters. The van der Waals surface area contributed by atoms with E-state index in [9.17, 15) is 26.4 Å². The first-order chi connectivity index (χ1) is 41.9. The third-order valence-electron chi connectivity index (χ3n) is 13.0. The van der Waals surface area contributed by atoms with E-state index in [-0.39, 0.29) is 52.2 Å². The van der Waals surface area contributed by atoms with Crippen LogP contribution in [0.15, 0.2) is 150 Å². The largest absolute Gasteiger partial charge is 0.534 e. The second kappa shape index (κ2) is 37.8. The molecule has 0 saturated heterocycles. The highest BCUT2D eigenvalue weighted by Crippen LogP contribution is 2.30. The maximum Gasteiger partial charge on any atom is 0.534 e. The average Bonchev–Trinajstić information content (AvgIpc) is 1.02. The van der Waals surface area contributed by atoms with Crippen LogP contribution in [0.1, 0.15) is 217 Å². The summed E-state index contributed by atoms with van der Waals surface area (Å²) in [5, 5.41) is 14.9. The highest BCUT2D eigenvalue weighted by molar-refractivity contribution is 9.10. The number of carbonyl (C=O) groups is 1. The van der Waals surface area contributed by atoms with Gasteiger partial charge in [-0.15, -0.1) is 0 Å². The van der Waals surface area contributed by atoms with Crippen molar-refractivity contribution in [2.24, 2.45) is 5.73 Å². The Hall–Kier alpha value is -6.99. The summed E-state index contributed by atoms with van der Waals surface area (Å²) in [5.41, 5.74) is 10.7. The molecule has 0 atom stereocenters. The molecule has 14 heteroatoms. The molecule has 9 nitrogen and oxygen atoms in total. The number of nitrogens with one attached hydrogen (secondary N) is 2. The third kappa shape index (κ3) is 36.9. The number of ether oxygens (including phenoxy) is 1. The van der Waals surface area contributed by atoms with E-state index in [1.165, 1.54) is 52.1 Å². The molecule has 0 aromatic heterocycles. The van der Waals surface area contributed by atoms with Gasteiger partial charge in [0.25, 0.3) is 0 Å². The van der Waals surface area contributed by atoms with Gasteiger partial charge in [0.2, 0.25) is 0 Å². The number of alkyl carbamates (subject to hydrolysis) is 1. The highest BCUT2D eigenvalue weighted by atomic mass is 79.9. The van der Waals surface area contributed by atoms with E-state index in [1.54, 1.807) is 12.1 Å². The molecule has 93 heavy (non-hydrogen) atoms. The zero-order valence-corrected chi connectivity index (χ0v) is 61.4. The molecule has 0 aliphatic heterocycles. The molecule has 6 aromatic rings. The summed E-state index contributed by atoms with van der Waals surface area (Å²) in [6, 6.07) is 46.8. The first-order valence-corrected chi connectivity index (χ1v) is 33.0. The number of alkyl halides is 3. The number of benzene rings is 6. The lowest BCUT2D eigenvalue weighted by Gasteiger charge is -2.19. The number of rotatable bonds is 5. The van der Waals surface area contributed by atoms with Crippen molar-refractivity contribution in [2.75, 3.05) is 19.6 Å². The monoisotopic (exact) mass is 1360 g/mol. The summed E-state index contributed by atoms with van der Waals surface area (Å²) in [6.45, 7) is 49.9. The van der Waals surface area contributed by atoms with Crippen molar-refractivity contribution in [1.29, 1.82) is 0 Å². The number of nitrogens with two attached hydrogens (primary N) is 1. The van der Waals surface area contributed by atoms with Gasteiger partial charge in [-0.1, -0.05) is 256 Å². The van der Waals surface area contributed by atoms with Gasteiger partial charge in [-0.3, -0.25) is 0 Å². The number of halogens is 4. The first kappa shape index (κ1) is 86.0. The zero-order chi connectivity index (χ0) is 70.7. The lowest BCUT2D eigenvalue weighted by molar-refractivity contribution is -0.0500. The summed E-state index contributed by atoms with van der Waals surface area (Å²) < 4.78 is 68.0. The van der Waals surface area contributed by atoms with Crippen molar-refractivity contribution in [3.05, 3.63) is 200 Å². The third-order valence-corrected chi connectivity index (χ3v) is 14.5. The molecule has 0 bridgehead atoms. The molecule has 0 aliphatic rings. The molecule has 5 N–H and O–H groups in total. The Morgan fingerprint density at radius 3 is 1.04 bits per heavy atom. The maximum atomic E-state index is 12.1. The van der Waals surface area contributed by atoms with E-state index in [4.69, 9.17) is 15.6 Å². The van der Waals surface area contributed by atoms with E-state index >= 15 is 0 Å². The van der Waals surface area contributed by atoms with E-state index in [0.717, 1.165) is 33.3 Å². The second-order valence-corrected chi connectivity index (χ2v) is 31.7. The Kier molecular flexibility index (Phi) is 34.9. The Bertz CT molecular complexity index is 3410. The molecule has 0 fully saturated rings. The summed E-state index contributed by atoms with van der Waals surface area (Å²) in [5.74, 6) is 18.1. The Morgan fingerprint density at radius 1 is 0.484 bits per heavy atom. The fourth-order valence-electron chi connectivity index (χ4n) is 7.39.